The Labute approximate surface area is 185 Å². The average molecular weight is 432 g/mol. The second kappa shape index (κ2) is 7.85. The molecule has 0 radical (unpaired) electrons. The number of nitrogens with zero attached hydrogens (tertiary/aromatic N) is 3. The molecule has 5 nitrogen and oxygen atoms in total. The topological polar surface area (TPSA) is 47.4 Å². The van der Waals surface area contributed by atoms with Gasteiger partial charge in [-0.15, -0.1) is 11.3 Å². The van der Waals surface area contributed by atoms with Gasteiger partial charge in [0.25, 0.3) is 5.91 Å². The molecule has 0 spiro atoms. The van der Waals surface area contributed by atoms with Gasteiger partial charge in [-0.2, -0.15) is 5.10 Å². The first kappa shape index (κ1) is 19.8. The van der Waals surface area contributed by atoms with Crippen LogP contribution in [0.1, 0.15) is 38.8 Å². The van der Waals surface area contributed by atoms with E-state index in [-0.39, 0.29) is 5.91 Å². The third kappa shape index (κ3) is 3.41. The first-order valence-corrected chi connectivity index (χ1v) is 11.4. The quantitative estimate of drug-likeness (QED) is 0.438. The minimum absolute atomic E-state index is 0.106. The van der Waals surface area contributed by atoms with E-state index >= 15 is 0 Å². The Bertz CT molecular complexity index is 1270. The molecule has 1 amide bonds. The maximum absolute atomic E-state index is 13.3. The van der Waals surface area contributed by atoms with Gasteiger partial charge in [-0.3, -0.25) is 4.79 Å². The highest BCUT2D eigenvalue weighted by Gasteiger charge is 2.31. The molecule has 2 aromatic carbocycles. The molecule has 0 N–H and O–H groups in total. The Morgan fingerprint density at radius 3 is 2.71 bits per heavy atom. The lowest BCUT2D eigenvalue weighted by Crippen LogP contribution is -2.27. The van der Waals surface area contributed by atoms with Crippen molar-refractivity contribution < 1.29 is 9.53 Å². The van der Waals surface area contributed by atoms with Gasteiger partial charge >= 0.3 is 0 Å². The largest absolute Gasteiger partial charge is 0.496 e. The first-order chi connectivity index (χ1) is 15.1. The molecule has 1 aliphatic rings. The minimum atomic E-state index is 0.106. The number of hydrogen-bond donors (Lipinski definition) is 0. The van der Waals surface area contributed by atoms with Crippen molar-refractivity contribution >= 4 is 27.5 Å². The third-order valence-corrected chi connectivity index (χ3v) is 7.25. The summed E-state index contributed by atoms with van der Waals surface area (Å²) in [6.07, 6.45) is 0.951. The zero-order valence-electron chi connectivity index (χ0n) is 18.0. The summed E-state index contributed by atoms with van der Waals surface area (Å²) < 4.78 is 7.51. The SMILES string of the molecule is COc1ccccc1C1CCN(C(=O)c2cc3c(C)nn(-c4ccccc4C)c3s2)C1. The number of hydrogen-bond acceptors (Lipinski definition) is 4. The predicted octanol–water partition coefficient (Wildman–Crippen LogP) is 5.34. The summed E-state index contributed by atoms with van der Waals surface area (Å²) >= 11 is 1.53. The Morgan fingerprint density at radius 1 is 1.13 bits per heavy atom. The van der Waals surface area contributed by atoms with Gasteiger partial charge in [0, 0.05) is 24.4 Å². The number of carbonyl (C=O) groups excluding carboxylic acids is 1. The van der Waals surface area contributed by atoms with E-state index in [2.05, 4.69) is 25.1 Å². The average Bonchev–Trinajstić information content (AvgIpc) is 3.51. The second-order valence-electron chi connectivity index (χ2n) is 8.09. The van der Waals surface area contributed by atoms with E-state index in [0.717, 1.165) is 57.3 Å². The van der Waals surface area contributed by atoms with Crippen molar-refractivity contribution in [3.05, 3.63) is 76.3 Å². The fraction of sp³-hybridized carbons (Fsp3) is 0.280. The van der Waals surface area contributed by atoms with Crippen molar-refractivity contribution in [2.75, 3.05) is 20.2 Å². The molecule has 0 aliphatic carbocycles. The normalized spacial score (nSPS) is 16.2. The van der Waals surface area contributed by atoms with E-state index in [1.54, 1.807) is 7.11 Å². The van der Waals surface area contributed by atoms with Crippen LogP contribution >= 0.6 is 11.3 Å². The molecule has 1 unspecified atom stereocenters. The number of carbonyl (C=O) groups is 1. The molecule has 1 saturated heterocycles. The Morgan fingerprint density at radius 2 is 1.90 bits per heavy atom. The number of aryl methyl sites for hydroxylation is 2. The standard InChI is InChI=1S/C25H25N3O2S/c1-16-8-4-6-10-21(16)28-25-20(17(2)26-28)14-23(31-25)24(29)27-13-12-18(15-27)19-9-5-7-11-22(19)30-3/h4-11,14,18H,12-13,15H2,1-3H3. The number of aromatic nitrogens is 2. The number of methoxy groups -OCH3 is 1. The van der Waals surface area contributed by atoms with Crippen molar-refractivity contribution in [3.63, 3.8) is 0 Å². The maximum Gasteiger partial charge on any atom is 0.264 e. The van der Waals surface area contributed by atoms with Crippen LogP contribution in [0.15, 0.2) is 54.6 Å². The van der Waals surface area contributed by atoms with Crippen LogP contribution in [0.25, 0.3) is 15.9 Å². The summed E-state index contributed by atoms with van der Waals surface area (Å²) in [4.78, 5) is 17.1. The lowest BCUT2D eigenvalue weighted by Gasteiger charge is -2.17. The highest BCUT2D eigenvalue weighted by molar-refractivity contribution is 7.20. The van der Waals surface area contributed by atoms with Gasteiger partial charge in [0.05, 0.1) is 23.4 Å². The highest BCUT2D eigenvalue weighted by Crippen LogP contribution is 2.36. The molecule has 1 fully saturated rings. The molecule has 1 atom stereocenters. The molecule has 6 heteroatoms. The van der Waals surface area contributed by atoms with Crippen LogP contribution in [-0.4, -0.2) is 40.8 Å². The van der Waals surface area contributed by atoms with Crippen LogP contribution in [0.2, 0.25) is 0 Å². The molecule has 5 rings (SSSR count). The van der Waals surface area contributed by atoms with Gasteiger partial charge in [0.2, 0.25) is 0 Å². The molecular formula is C25H25N3O2S. The number of ether oxygens (including phenoxy) is 1. The molecule has 3 heterocycles. The molecule has 158 valence electrons. The van der Waals surface area contributed by atoms with Crippen LogP contribution in [0.5, 0.6) is 5.75 Å². The van der Waals surface area contributed by atoms with E-state index in [1.807, 2.05) is 52.9 Å². The minimum Gasteiger partial charge on any atom is -0.496 e. The summed E-state index contributed by atoms with van der Waals surface area (Å²) in [6.45, 7) is 5.57. The molecular weight excluding hydrogens is 406 g/mol. The zero-order valence-corrected chi connectivity index (χ0v) is 18.8. The van der Waals surface area contributed by atoms with Crippen LogP contribution in [0.4, 0.5) is 0 Å². The lowest BCUT2D eigenvalue weighted by molar-refractivity contribution is 0.0795. The molecule has 0 saturated carbocycles. The van der Waals surface area contributed by atoms with E-state index in [1.165, 1.54) is 16.9 Å². The summed E-state index contributed by atoms with van der Waals surface area (Å²) in [6, 6.07) is 18.3. The van der Waals surface area contributed by atoms with Crippen LogP contribution in [0, 0.1) is 13.8 Å². The van der Waals surface area contributed by atoms with Crippen LogP contribution in [-0.2, 0) is 0 Å². The summed E-state index contributed by atoms with van der Waals surface area (Å²) in [7, 11) is 1.70. The summed E-state index contributed by atoms with van der Waals surface area (Å²) in [5.74, 6) is 1.31. The van der Waals surface area contributed by atoms with Gasteiger partial charge in [-0.05, 0) is 49.6 Å². The zero-order chi connectivity index (χ0) is 21.5. The van der Waals surface area contributed by atoms with Crippen LogP contribution in [0.3, 0.4) is 0 Å². The highest BCUT2D eigenvalue weighted by atomic mass is 32.1. The number of para-hydroxylation sites is 2. The van der Waals surface area contributed by atoms with Gasteiger partial charge in [-0.1, -0.05) is 36.4 Å². The molecule has 1 aliphatic heterocycles. The number of amides is 1. The Kier molecular flexibility index (Phi) is 5.02. The van der Waals surface area contributed by atoms with Crippen molar-refractivity contribution in [1.29, 1.82) is 0 Å². The van der Waals surface area contributed by atoms with E-state index < -0.39 is 0 Å². The van der Waals surface area contributed by atoms with Gasteiger partial charge in [-0.25, -0.2) is 4.68 Å². The smallest absolute Gasteiger partial charge is 0.264 e. The molecule has 31 heavy (non-hydrogen) atoms. The lowest BCUT2D eigenvalue weighted by atomic mass is 9.97. The van der Waals surface area contributed by atoms with E-state index in [9.17, 15) is 4.79 Å². The summed E-state index contributed by atoms with van der Waals surface area (Å²) in [5.41, 5.74) is 4.34. The number of likely N-dealkylation sites (tertiary alicyclic amines) is 1. The van der Waals surface area contributed by atoms with Gasteiger partial charge in [0.1, 0.15) is 10.6 Å². The Balaban J connectivity index is 1.43. The monoisotopic (exact) mass is 431 g/mol. The first-order valence-electron chi connectivity index (χ1n) is 10.5. The fourth-order valence-electron chi connectivity index (χ4n) is 4.48. The summed E-state index contributed by atoms with van der Waals surface area (Å²) in [5, 5.41) is 5.79. The number of thiophene rings is 1. The van der Waals surface area contributed by atoms with Crippen molar-refractivity contribution in [2.45, 2.75) is 26.2 Å². The molecule has 2 aromatic heterocycles. The Hall–Kier alpha value is -3.12. The van der Waals surface area contributed by atoms with Gasteiger partial charge in [0.15, 0.2) is 0 Å². The van der Waals surface area contributed by atoms with Gasteiger partial charge < -0.3 is 9.64 Å². The van der Waals surface area contributed by atoms with Crippen molar-refractivity contribution in [1.82, 2.24) is 14.7 Å². The number of benzene rings is 2. The predicted molar refractivity (Wildman–Crippen MR) is 125 cm³/mol. The second-order valence-corrected chi connectivity index (χ2v) is 9.12. The number of fused-ring (bicyclic) bond motifs is 1. The van der Waals surface area contributed by atoms with Crippen molar-refractivity contribution in [2.24, 2.45) is 0 Å². The maximum atomic E-state index is 13.3. The molecule has 4 aromatic rings. The van der Waals surface area contributed by atoms with Crippen LogP contribution < -0.4 is 4.74 Å². The number of rotatable bonds is 4. The van der Waals surface area contributed by atoms with E-state index in [0.29, 0.717) is 5.92 Å². The third-order valence-electron chi connectivity index (χ3n) is 6.15. The van der Waals surface area contributed by atoms with E-state index in [4.69, 9.17) is 9.84 Å². The molecule has 0 bridgehead atoms. The fourth-order valence-corrected chi connectivity index (χ4v) is 5.62. The van der Waals surface area contributed by atoms with Crippen molar-refractivity contribution in [3.8, 4) is 11.4 Å².